The minimum atomic E-state index is -1.03. The Labute approximate surface area is 145 Å². The molecule has 0 radical (unpaired) electrons. The fourth-order valence-corrected chi connectivity index (χ4v) is 3.01. The van der Waals surface area contributed by atoms with Crippen molar-refractivity contribution in [1.29, 1.82) is 0 Å². The molecular weight excluding hydrogens is 339 g/mol. The predicted molar refractivity (Wildman–Crippen MR) is 89.2 cm³/mol. The molecule has 1 fully saturated rings. The Hall–Kier alpha value is -1.72. The van der Waals surface area contributed by atoms with Crippen LogP contribution in [0.15, 0.2) is 36.4 Å². The van der Waals surface area contributed by atoms with Gasteiger partial charge < -0.3 is 10.1 Å². The summed E-state index contributed by atoms with van der Waals surface area (Å²) in [6, 6.07) is 9.01. The summed E-state index contributed by atoms with van der Waals surface area (Å²) in [5, 5.41) is 3.32. The summed E-state index contributed by atoms with van der Waals surface area (Å²) in [5.74, 6) is -3.13. The van der Waals surface area contributed by atoms with Crippen molar-refractivity contribution in [2.45, 2.75) is 25.4 Å². The first-order chi connectivity index (χ1) is 11.1. The predicted octanol–water partition coefficient (Wildman–Crippen LogP) is 4.57. The van der Waals surface area contributed by atoms with Crippen molar-refractivity contribution in [3.63, 3.8) is 0 Å². The molecule has 0 atom stereocenters. The lowest BCUT2D eigenvalue weighted by Crippen LogP contribution is -2.27. The Morgan fingerprint density at radius 3 is 2.29 bits per heavy atom. The molecule has 1 aliphatic heterocycles. The van der Waals surface area contributed by atoms with Crippen molar-refractivity contribution in [1.82, 2.24) is 5.32 Å². The van der Waals surface area contributed by atoms with Crippen molar-refractivity contribution in [2.24, 2.45) is 0 Å². The van der Waals surface area contributed by atoms with E-state index in [1.165, 1.54) is 0 Å². The minimum Gasteiger partial charge on any atom is -0.483 e. The van der Waals surface area contributed by atoms with Crippen LogP contribution in [0.5, 0.6) is 5.75 Å². The van der Waals surface area contributed by atoms with E-state index in [2.05, 4.69) is 5.32 Å². The van der Waals surface area contributed by atoms with Gasteiger partial charge in [0.1, 0.15) is 12.4 Å². The van der Waals surface area contributed by atoms with Crippen LogP contribution in [0.4, 0.5) is 13.2 Å². The Balaban J connectivity index is 0.00000208. The molecule has 1 N–H and O–H groups in total. The standard InChI is InChI=1S/C18H18F3NO.ClH/c19-14-9-16(20)18(17(21)10-14)23-11-13-3-1-2-4-15(13)12-5-7-22-8-6-12;/h1-4,9-10,12,22H,5-8,11H2;1H. The Morgan fingerprint density at radius 2 is 1.62 bits per heavy atom. The third-order valence-electron chi connectivity index (χ3n) is 4.17. The molecular formula is C18H19ClF3NO. The molecule has 0 saturated carbocycles. The van der Waals surface area contributed by atoms with E-state index in [1.807, 2.05) is 24.3 Å². The Kier molecular flexibility index (Phi) is 6.52. The van der Waals surface area contributed by atoms with Crippen molar-refractivity contribution in [3.8, 4) is 5.75 Å². The lowest BCUT2D eigenvalue weighted by molar-refractivity contribution is 0.270. The molecule has 0 aromatic heterocycles. The first kappa shape index (κ1) is 18.6. The summed E-state index contributed by atoms with van der Waals surface area (Å²) in [6.07, 6.45) is 2.05. The number of halogens is 4. The largest absolute Gasteiger partial charge is 0.483 e. The summed E-state index contributed by atoms with van der Waals surface area (Å²) in [5.41, 5.74) is 2.06. The van der Waals surface area contributed by atoms with Crippen molar-refractivity contribution < 1.29 is 17.9 Å². The van der Waals surface area contributed by atoms with Crippen LogP contribution in [0.1, 0.15) is 29.9 Å². The highest BCUT2D eigenvalue weighted by Crippen LogP contribution is 2.30. The molecule has 1 heterocycles. The van der Waals surface area contributed by atoms with Gasteiger partial charge in [0.25, 0.3) is 0 Å². The molecule has 6 heteroatoms. The van der Waals surface area contributed by atoms with E-state index in [0.29, 0.717) is 18.1 Å². The average Bonchev–Trinajstić information content (AvgIpc) is 2.55. The van der Waals surface area contributed by atoms with Crippen molar-refractivity contribution in [2.75, 3.05) is 13.1 Å². The molecule has 2 aromatic rings. The molecule has 130 valence electrons. The second kappa shape index (κ2) is 8.40. The van der Waals surface area contributed by atoms with Crippen LogP contribution in [0.2, 0.25) is 0 Å². The van der Waals surface area contributed by atoms with Gasteiger partial charge in [-0.3, -0.25) is 0 Å². The molecule has 1 saturated heterocycles. The number of nitrogens with one attached hydrogen (secondary N) is 1. The van der Waals surface area contributed by atoms with Crippen molar-refractivity contribution >= 4 is 12.4 Å². The van der Waals surface area contributed by atoms with E-state index >= 15 is 0 Å². The van der Waals surface area contributed by atoms with E-state index in [4.69, 9.17) is 4.74 Å². The molecule has 2 aromatic carbocycles. The fourth-order valence-electron chi connectivity index (χ4n) is 3.01. The SMILES string of the molecule is Cl.Fc1cc(F)c(OCc2ccccc2C2CCNCC2)c(F)c1. The number of hydrogen-bond donors (Lipinski definition) is 1. The molecule has 2 nitrogen and oxygen atoms in total. The molecule has 0 spiro atoms. The lowest BCUT2D eigenvalue weighted by Gasteiger charge is -2.25. The number of piperidine rings is 1. The van der Waals surface area contributed by atoms with Gasteiger partial charge in [-0.15, -0.1) is 12.4 Å². The maximum Gasteiger partial charge on any atom is 0.191 e. The van der Waals surface area contributed by atoms with Gasteiger partial charge in [-0.05, 0) is 43.0 Å². The van der Waals surface area contributed by atoms with Gasteiger partial charge in [0.2, 0.25) is 0 Å². The van der Waals surface area contributed by atoms with Gasteiger partial charge >= 0.3 is 0 Å². The first-order valence-corrected chi connectivity index (χ1v) is 7.71. The van der Waals surface area contributed by atoms with Crippen LogP contribution in [-0.2, 0) is 6.61 Å². The van der Waals surface area contributed by atoms with Gasteiger partial charge in [-0.25, -0.2) is 13.2 Å². The monoisotopic (exact) mass is 357 g/mol. The van der Waals surface area contributed by atoms with Crippen LogP contribution in [0, 0.1) is 17.5 Å². The second-order valence-corrected chi connectivity index (χ2v) is 5.71. The summed E-state index contributed by atoms with van der Waals surface area (Å²) in [7, 11) is 0. The van der Waals surface area contributed by atoms with Crippen LogP contribution in [-0.4, -0.2) is 13.1 Å². The molecule has 3 rings (SSSR count). The van der Waals surface area contributed by atoms with E-state index in [1.54, 1.807) is 0 Å². The quantitative estimate of drug-likeness (QED) is 0.865. The highest BCUT2D eigenvalue weighted by Gasteiger charge is 2.19. The third kappa shape index (κ3) is 4.22. The first-order valence-electron chi connectivity index (χ1n) is 7.71. The second-order valence-electron chi connectivity index (χ2n) is 5.71. The smallest absolute Gasteiger partial charge is 0.191 e. The normalized spacial score (nSPS) is 15.0. The molecule has 24 heavy (non-hydrogen) atoms. The fraction of sp³-hybridized carbons (Fsp3) is 0.333. The maximum atomic E-state index is 13.7. The number of rotatable bonds is 4. The highest BCUT2D eigenvalue weighted by molar-refractivity contribution is 5.85. The summed E-state index contributed by atoms with van der Waals surface area (Å²) in [4.78, 5) is 0. The van der Waals surface area contributed by atoms with E-state index in [9.17, 15) is 13.2 Å². The third-order valence-corrected chi connectivity index (χ3v) is 4.17. The summed E-state index contributed by atoms with van der Waals surface area (Å²) >= 11 is 0. The van der Waals surface area contributed by atoms with Gasteiger partial charge in [0.15, 0.2) is 17.4 Å². The van der Waals surface area contributed by atoms with Gasteiger partial charge in [-0.2, -0.15) is 0 Å². The molecule has 0 bridgehead atoms. The number of hydrogen-bond acceptors (Lipinski definition) is 2. The zero-order chi connectivity index (χ0) is 16.2. The van der Waals surface area contributed by atoms with Crippen LogP contribution < -0.4 is 10.1 Å². The molecule has 0 amide bonds. The molecule has 0 aliphatic carbocycles. The van der Waals surface area contributed by atoms with Crippen LogP contribution in [0.25, 0.3) is 0 Å². The van der Waals surface area contributed by atoms with Gasteiger partial charge in [0, 0.05) is 12.1 Å². The van der Waals surface area contributed by atoms with Crippen LogP contribution in [0.3, 0.4) is 0 Å². The average molecular weight is 358 g/mol. The van der Waals surface area contributed by atoms with Crippen LogP contribution >= 0.6 is 12.4 Å². The Morgan fingerprint density at radius 1 is 1.00 bits per heavy atom. The van der Waals surface area contributed by atoms with Gasteiger partial charge in [0.05, 0.1) is 0 Å². The highest BCUT2D eigenvalue weighted by atomic mass is 35.5. The minimum absolute atomic E-state index is 0. The van der Waals surface area contributed by atoms with E-state index < -0.39 is 23.2 Å². The summed E-state index contributed by atoms with van der Waals surface area (Å²) < 4.78 is 45.6. The van der Waals surface area contributed by atoms with E-state index in [0.717, 1.165) is 37.1 Å². The van der Waals surface area contributed by atoms with Gasteiger partial charge in [-0.1, -0.05) is 24.3 Å². The van der Waals surface area contributed by atoms with Crippen molar-refractivity contribution in [3.05, 3.63) is 65.0 Å². The number of benzene rings is 2. The summed E-state index contributed by atoms with van der Waals surface area (Å²) in [6.45, 7) is 1.97. The van der Waals surface area contributed by atoms with E-state index in [-0.39, 0.29) is 19.0 Å². The Bertz CT molecular complexity index is 667. The topological polar surface area (TPSA) is 21.3 Å². The lowest BCUT2D eigenvalue weighted by atomic mass is 9.87. The zero-order valence-corrected chi connectivity index (χ0v) is 13.8. The molecule has 0 unspecified atom stereocenters. The molecule has 1 aliphatic rings. The number of ether oxygens (including phenoxy) is 1. The zero-order valence-electron chi connectivity index (χ0n) is 13.0. The maximum absolute atomic E-state index is 13.7.